The minimum Gasteiger partial charge on any atom is -0.370 e. The van der Waals surface area contributed by atoms with Crippen molar-refractivity contribution in [2.75, 3.05) is 31.6 Å². The third kappa shape index (κ3) is 3.24. The Hall–Kier alpha value is -2.04. The molecule has 4 heteroatoms. The summed E-state index contributed by atoms with van der Waals surface area (Å²) in [5.41, 5.74) is 1.85. The van der Waals surface area contributed by atoms with Gasteiger partial charge in [0.1, 0.15) is 0 Å². The second kappa shape index (κ2) is 6.22. The van der Waals surface area contributed by atoms with Gasteiger partial charge in [0.25, 0.3) is 0 Å². The van der Waals surface area contributed by atoms with Crippen molar-refractivity contribution < 1.29 is 0 Å². The molecule has 4 nitrogen and oxygen atoms in total. The van der Waals surface area contributed by atoms with E-state index in [1.54, 1.807) is 0 Å². The Balaban J connectivity index is 2.04. The molecule has 98 valence electrons. The standard InChI is InChI=1S/C15H18N4/c1-18(10-8-16)15-3-2-9-19(12-15)14-6-4-13(11-17)5-7-14/h4-7,15H,2-3,9-10,12H2,1H3. The molecule has 1 aliphatic rings. The van der Waals surface area contributed by atoms with Gasteiger partial charge in [-0.3, -0.25) is 4.90 Å². The average Bonchev–Trinajstić information content (AvgIpc) is 2.48. The molecule has 0 bridgehead atoms. The number of benzene rings is 1. The van der Waals surface area contributed by atoms with Crippen LogP contribution in [0.3, 0.4) is 0 Å². The highest BCUT2D eigenvalue weighted by Crippen LogP contribution is 2.22. The van der Waals surface area contributed by atoms with E-state index in [-0.39, 0.29) is 0 Å². The van der Waals surface area contributed by atoms with Gasteiger partial charge in [-0.15, -0.1) is 0 Å². The average molecular weight is 254 g/mol. The number of piperidine rings is 1. The van der Waals surface area contributed by atoms with Gasteiger partial charge in [-0.1, -0.05) is 0 Å². The van der Waals surface area contributed by atoms with Crippen LogP contribution in [0.25, 0.3) is 0 Å². The van der Waals surface area contributed by atoms with Crippen LogP contribution >= 0.6 is 0 Å². The van der Waals surface area contributed by atoms with Crippen molar-refractivity contribution >= 4 is 5.69 Å². The molecule has 0 radical (unpaired) electrons. The van der Waals surface area contributed by atoms with E-state index in [2.05, 4.69) is 21.9 Å². The lowest BCUT2D eigenvalue weighted by Gasteiger charge is -2.38. The molecule has 1 atom stereocenters. The summed E-state index contributed by atoms with van der Waals surface area (Å²) in [6.45, 7) is 2.47. The summed E-state index contributed by atoms with van der Waals surface area (Å²) < 4.78 is 0. The lowest BCUT2D eigenvalue weighted by molar-refractivity contribution is 0.238. The van der Waals surface area contributed by atoms with Crippen molar-refractivity contribution in [3.8, 4) is 12.1 Å². The van der Waals surface area contributed by atoms with E-state index in [0.717, 1.165) is 31.6 Å². The fraction of sp³-hybridized carbons (Fsp3) is 0.467. The number of hydrogen-bond acceptors (Lipinski definition) is 4. The summed E-state index contributed by atoms with van der Waals surface area (Å²) in [4.78, 5) is 4.46. The molecule has 0 N–H and O–H groups in total. The minimum atomic E-state index is 0.434. The van der Waals surface area contributed by atoms with Crippen LogP contribution in [0.2, 0.25) is 0 Å². The van der Waals surface area contributed by atoms with Crippen LogP contribution in [0.1, 0.15) is 18.4 Å². The molecule has 1 aromatic carbocycles. The normalized spacial score (nSPS) is 18.9. The van der Waals surface area contributed by atoms with Crippen LogP contribution in [0, 0.1) is 22.7 Å². The lowest BCUT2D eigenvalue weighted by atomic mass is 10.0. The third-order valence-electron chi connectivity index (χ3n) is 3.70. The van der Waals surface area contributed by atoms with Crippen molar-refractivity contribution in [3.63, 3.8) is 0 Å². The minimum absolute atomic E-state index is 0.434. The number of rotatable bonds is 3. The molecule has 19 heavy (non-hydrogen) atoms. The monoisotopic (exact) mass is 254 g/mol. The highest BCUT2D eigenvalue weighted by Gasteiger charge is 2.23. The van der Waals surface area contributed by atoms with Crippen molar-refractivity contribution in [1.82, 2.24) is 4.90 Å². The molecule has 2 rings (SSSR count). The van der Waals surface area contributed by atoms with Gasteiger partial charge in [-0.25, -0.2) is 0 Å². The zero-order valence-electron chi connectivity index (χ0n) is 11.2. The molecule has 1 saturated heterocycles. The topological polar surface area (TPSA) is 54.1 Å². The summed E-state index contributed by atoms with van der Waals surface area (Å²) in [5, 5.41) is 17.6. The molecule has 1 aliphatic heterocycles. The summed E-state index contributed by atoms with van der Waals surface area (Å²) in [6, 6.07) is 12.5. The Kier molecular flexibility index (Phi) is 4.39. The maximum atomic E-state index is 8.81. The summed E-state index contributed by atoms with van der Waals surface area (Å²) >= 11 is 0. The molecular weight excluding hydrogens is 236 g/mol. The first-order valence-corrected chi connectivity index (χ1v) is 6.57. The lowest BCUT2D eigenvalue weighted by Crippen LogP contribution is -2.46. The molecule has 0 spiro atoms. The molecule has 1 unspecified atom stereocenters. The molecule has 0 aromatic heterocycles. The first kappa shape index (κ1) is 13.4. The first-order valence-electron chi connectivity index (χ1n) is 6.57. The van der Waals surface area contributed by atoms with Crippen molar-refractivity contribution in [1.29, 1.82) is 10.5 Å². The van der Waals surface area contributed by atoms with Gasteiger partial charge in [0.05, 0.1) is 24.2 Å². The van der Waals surface area contributed by atoms with E-state index in [1.165, 1.54) is 0 Å². The van der Waals surface area contributed by atoms with Gasteiger partial charge in [0.15, 0.2) is 0 Å². The number of nitrogens with zero attached hydrogens (tertiary/aromatic N) is 4. The smallest absolute Gasteiger partial charge is 0.0991 e. The Labute approximate surface area is 114 Å². The van der Waals surface area contributed by atoms with E-state index in [0.29, 0.717) is 18.2 Å². The highest BCUT2D eigenvalue weighted by atomic mass is 15.2. The zero-order valence-corrected chi connectivity index (χ0v) is 11.2. The van der Waals surface area contributed by atoms with E-state index in [4.69, 9.17) is 10.5 Å². The van der Waals surface area contributed by atoms with Crippen LogP contribution in [0.4, 0.5) is 5.69 Å². The van der Waals surface area contributed by atoms with Crippen LogP contribution < -0.4 is 4.90 Å². The van der Waals surface area contributed by atoms with Gasteiger partial charge in [0, 0.05) is 24.8 Å². The molecule has 1 aromatic rings. The quantitative estimate of drug-likeness (QED) is 0.774. The predicted molar refractivity (Wildman–Crippen MR) is 74.6 cm³/mol. The fourth-order valence-electron chi connectivity index (χ4n) is 2.54. The SMILES string of the molecule is CN(CC#N)C1CCCN(c2ccc(C#N)cc2)C1. The largest absolute Gasteiger partial charge is 0.370 e. The Morgan fingerprint density at radius 1 is 1.32 bits per heavy atom. The highest BCUT2D eigenvalue weighted by molar-refractivity contribution is 5.50. The Morgan fingerprint density at radius 2 is 2.05 bits per heavy atom. The second-order valence-corrected chi connectivity index (χ2v) is 4.97. The number of hydrogen-bond donors (Lipinski definition) is 0. The Bertz CT molecular complexity index is 494. The number of likely N-dealkylation sites (N-methyl/N-ethyl adjacent to an activating group) is 1. The number of nitriles is 2. The summed E-state index contributed by atoms with van der Waals surface area (Å²) in [6.07, 6.45) is 2.28. The van der Waals surface area contributed by atoms with Gasteiger partial charge >= 0.3 is 0 Å². The van der Waals surface area contributed by atoms with Gasteiger partial charge in [-0.2, -0.15) is 10.5 Å². The van der Waals surface area contributed by atoms with Gasteiger partial charge in [-0.05, 0) is 44.2 Å². The Morgan fingerprint density at radius 3 is 2.68 bits per heavy atom. The molecule has 0 aliphatic carbocycles. The summed E-state index contributed by atoms with van der Waals surface area (Å²) in [7, 11) is 2.01. The number of anilines is 1. The van der Waals surface area contributed by atoms with Crippen LogP contribution in [-0.2, 0) is 0 Å². The van der Waals surface area contributed by atoms with Crippen LogP contribution in [-0.4, -0.2) is 37.6 Å². The fourth-order valence-corrected chi connectivity index (χ4v) is 2.54. The second-order valence-electron chi connectivity index (χ2n) is 4.97. The predicted octanol–water partition coefficient (Wildman–Crippen LogP) is 1.98. The first-order chi connectivity index (χ1) is 9.24. The van der Waals surface area contributed by atoms with Crippen molar-refractivity contribution in [3.05, 3.63) is 29.8 Å². The maximum Gasteiger partial charge on any atom is 0.0991 e. The third-order valence-corrected chi connectivity index (χ3v) is 3.70. The molecule has 1 heterocycles. The molecular formula is C15H18N4. The summed E-state index contributed by atoms with van der Waals surface area (Å²) in [5.74, 6) is 0. The molecule has 0 saturated carbocycles. The maximum absolute atomic E-state index is 8.81. The van der Waals surface area contributed by atoms with Crippen LogP contribution in [0.15, 0.2) is 24.3 Å². The molecule has 0 amide bonds. The van der Waals surface area contributed by atoms with Gasteiger partial charge in [0.2, 0.25) is 0 Å². The van der Waals surface area contributed by atoms with Crippen molar-refractivity contribution in [2.45, 2.75) is 18.9 Å². The van der Waals surface area contributed by atoms with Gasteiger partial charge < -0.3 is 4.90 Å². The van der Waals surface area contributed by atoms with E-state index in [9.17, 15) is 0 Å². The van der Waals surface area contributed by atoms with Crippen LogP contribution in [0.5, 0.6) is 0 Å². The van der Waals surface area contributed by atoms with E-state index >= 15 is 0 Å². The molecule has 1 fully saturated rings. The van der Waals surface area contributed by atoms with E-state index < -0.39 is 0 Å². The zero-order chi connectivity index (χ0) is 13.7. The van der Waals surface area contributed by atoms with Crippen molar-refractivity contribution in [2.24, 2.45) is 0 Å². The van der Waals surface area contributed by atoms with E-state index in [1.807, 2.05) is 31.3 Å².